The molecular formula is C17H14N4O2S. The van der Waals surface area contributed by atoms with E-state index in [1.165, 1.54) is 0 Å². The van der Waals surface area contributed by atoms with Crippen molar-refractivity contribution in [1.82, 2.24) is 15.2 Å². The first-order valence-corrected chi connectivity index (χ1v) is 8.83. The van der Waals surface area contributed by atoms with Crippen LogP contribution in [0.3, 0.4) is 0 Å². The van der Waals surface area contributed by atoms with E-state index in [9.17, 15) is 8.42 Å². The van der Waals surface area contributed by atoms with Crippen LogP contribution >= 0.6 is 0 Å². The van der Waals surface area contributed by atoms with Gasteiger partial charge in [-0.2, -0.15) is 5.10 Å². The van der Waals surface area contributed by atoms with Crippen LogP contribution in [0.25, 0.3) is 21.8 Å². The maximum Gasteiger partial charge on any atom is 0.264 e. The molecule has 0 atom stereocenters. The fourth-order valence-electron chi connectivity index (χ4n) is 2.72. The molecule has 2 aromatic carbocycles. The highest BCUT2D eigenvalue weighted by Crippen LogP contribution is 2.27. The topological polar surface area (TPSA) is 87.7 Å². The van der Waals surface area contributed by atoms with Gasteiger partial charge in [-0.15, -0.1) is 0 Å². The molecule has 4 aromatic rings. The van der Waals surface area contributed by atoms with Crippen molar-refractivity contribution in [2.24, 2.45) is 0 Å². The molecule has 0 saturated heterocycles. The Balaban J connectivity index is 1.85. The molecule has 0 saturated carbocycles. The maximum atomic E-state index is 12.9. The van der Waals surface area contributed by atoms with Crippen molar-refractivity contribution in [3.63, 3.8) is 0 Å². The Morgan fingerprint density at radius 2 is 1.92 bits per heavy atom. The summed E-state index contributed by atoms with van der Waals surface area (Å²) < 4.78 is 28.4. The van der Waals surface area contributed by atoms with Gasteiger partial charge in [-0.1, -0.05) is 18.2 Å². The molecule has 4 rings (SSSR count). The number of benzene rings is 2. The molecule has 2 aromatic heterocycles. The third-order valence-electron chi connectivity index (χ3n) is 3.83. The first-order valence-electron chi connectivity index (χ1n) is 7.35. The van der Waals surface area contributed by atoms with Crippen LogP contribution < -0.4 is 4.72 Å². The molecule has 0 bridgehead atoms. The molecule has 2 heterocycles. The SMILES string of the molecule is Cc1cnc2c(S(=O)(=O)Nc3cccc4[nH]ncc34)cccc2c1. The van der Waals surface area contributed by atoms with Gasteiger partial charge in [0.1, 0.15) is 4.90 Å². The Morgan fingerprint density at radius 1 is 1.08 bits per heavy atom. The zero-order chi connectivity index (χ0) is 16.7. The number of nitrogens with zero attached hydrogens (tertiary/aromatic N) is 2. The van der Waals surface area contributed by atoms with Crippen molar-refractivity contribution in [2.75, 3.05) is 4.72 Å². The molecule has 0 unspecified atom stereocenters. The van der Waals surface area contributed by atoms with Gasteiger partial charge in [0, 0.05) is 17.0 Å². The summed E-state index contributed by atoms with van der Waals surface area (Å²) in [5, 5.41) is 8.28. The number of hydrogen-bond acceptors (Lipinski definition) is 4. The van der Waals surface area contributed by atoms with Gasteiger partial charge in [0.2, 0.25) is 0 Å². The standard InChI is InChI=1S/C17H14N4O2S/c1-11-8-12-4-2-7-16(17(12)18-9-11)24(22,23)21-15-6-3-5-14-13(15)10-19-20-14/h2-10,21H,1H3,(H,19,20). The van der Waals surface area contributed by atoms with E-state index in [2.05, 4.69) is 19.9 Å². The minimum absolute atomic E-state index is 0.153. The van der Waals surface area contributed by atoms with Gasteiger partial charge < -0.3 is 0 Å². The van der Waals surface area contributed by atoms with E-state index in [-0.39, 0.29) is 4.90 Å². The number of anilines is 1. The summed E-state index contributed by atoms with van der Waals surface area (Å²) in [6.07, 6.45) is 3.26. The van der Waals surface area contributed by atoms with E-state index in [0.29, 0.717) is 16.6 Å². The molecule has 0 aliphatic rings. The van der Waals surface area contributed by atoms with Gasteiger partial charge in [0.05, 0.1) is 22.9 Å². The predicted molar refractivity (Wildman–Crippen MR) is 93.4 cm³/mol. The highest BCUT2D eigenvalue weighted by molar-refractivity contribution is 7.93. The second kappa shape index (κ2) is 5.31. The normalized spacial score (nSPS) is 11.9. The van der Waals surface area contributed by atoms with E-state index in [1.54, 1.807) is 36.7 Å². The lowest BCUT2D eigenvalue weighted by atomic mass is 10.2. The molecule has 6 nitrogen and oxygen atoms in total. The van der Waals surface area contributed by atoms with E-state index >= 15 is 0 Å². The van der Waals surface area contributed by atoms with Gasteiger partial charge in [-0.05, 0) is 36.8 Å². The molecule has 0 fully saturated rings. The van der Waals surface area contributed by atoms with E-state index in [4.69, 9.17) is 0 Å². The highest BCUT2D eigenvalue weighted by atomic mass is 32.2. The Morgan fingerprint density at radius 3 is 2.79 bits per heavy atom. The highest BCUT2D eigenvalue weighted by Gasteiger charge is 2.19. The average molecular weight is 338 g/mol. The number of aromatic amines is 1. The van der Waals surface area contributed by atoms with Crippen molar-refractivity contribution >= 4 is 37.5 Å². The lowest BCUT2D eigenvalue weighted by Gasteiger charge is -2.11. The van der Waals surface area contributed by atoms with Crippen LogP contribution in [0.15, 0.2) is 59.8 Å². The number of para-hydroxylation sites is 1. The largest absolute Gasteiger partial charge is 0.279 e. The van der Waals surface area contributed by atoms with Gasteiger partial charge in [-0.3, -0.25) is 14.8 Å². The third kappa shape index (κ3) is 2.39. The van der Waals surface area contributed by atoms with Gasteiger partial charge in [0.15, 0.2) is 0 Å². The minimum atomic E-state index is -3.78. The van der Waals surface area contributed by atoms with E-state index < -0.39 is 10.0 Å². The second-order valence-corrected chi connectivity index (χ2v) is 7.23. The molecule has 0 radical (unpaired) electrons. The van der Waals surface area contributed by atoms with Gasteiger partial charge >= 0.3 is 0 Å². The lowest BCUT2D eigenvalue weighted by Crippen LogP contribution is -2.14. The number of nitrogens with one attached hydrogen (secondary N) is 2. The first kappa shape index (κ1) is 14.6. The summed E-state index contributed by atoms with van der Waals surface area (Å²) in [7, 11) is -3.78. The van der Waals surface area contributed by atoms with Crippen LogP contribution in [0, 0.1) is 6.92 Å². The lowest BCUT2D eigenvalue weighted by molar-refractivity contribution is 0.602. The Hall–Kier alpha value is -2.93. The van der Waals surface area contributed by atoms with Crippen LogP contribution in [0.4, 0.5) is 5.69 Å². The molecule has 24 heavy (non-hydrogen) atoms. The Kier molecular flexibility index (Phi) is 3.24. The zero-order valence-electron chi connectivity index (χ0n) is 12.8. The van der Waals surface area contributed by atoms with Crippen LogP contribution in [-0.4, -0.2) is 23.6 Å². The zero-order valence-corrected chi connectivity index (χ0v) is 13.6. The van der Waals surface area contributed by atoms with E-state index in [0.717, 1.165) is 16.5 Å². The average Bonchev–Trinajstić information content (AvgIpc) is 3.03. The van der Waals surface area contributed by atoms with Crippen LogP contribution in [0.1, 0.15) is 5.56 Å². The van der Waals surface area contributed by atoms with Crippen LogP contribution in [0.2, 0.25) is 0 Å². The minimum Gasteiger partial charge on any atom is -0.279 e. The molecule has 120 valence electrons. The molecular weight excluding hydrogens is 324 g/mol. The number of aryl methyl sites for hydroxylation is 1. The molecule has 2 N–H and O–H groups in total. The van der Waals surface area contributed by atoms with Crippen molar-refractivity contribution in [2.45, 2.75) is 11.8 Å². The van der Waals surface area contributed by atoms with Crippen molar-refractivity contribution in [3.8, 4) is 0 Å². The maximum absolute atomic E-state index is 12.9. The third-order valence-corrected chi connectivity index (χ3v) is 5.23. The van der Waals surface area contributed by atoms with Crippen molar-refractivity contribution in [3.05, 3.63) is 60.4 Å². The molecule has 0 aliphatic heterocycles. The van der Waals surface area contributed by atoms with Crippen LogP contribution in [0.5, 0.6) is 0 Å². The number of hydrogen-bond donors (Lipinski definition) is 2. The Bertz CT molecular complexity index is 1170. The van der Waals surface area contributed by atoms with Crippen molar-refractivity contribution in [1.29, 1.82) is 0 Å². The molecule has 0 spiro atoms. The Labute approximate surface area is 138 Å². The summed E-state index contributed by atoms with van der Waals surface area (Å²) in [5.41, 5.74) is 2.68. The van der Waals surface area contributed by atoms with E-state index in [1.807, 2.05) is 25.1 Å². The number of sulfonamides is 1. The molecule has 0 amide bonds. The fourth-order valence-corrected chi connectivity index (χ4v) is 3.98. The summed E-state index contributed by atoms with van der Waals surface area (Å²) in [4.78, 5) is 4.46. The number of aromatic nitrogens is 3. The smallest absolute Gasteiger partial charge is 0.264 e. The van der Waals surface area contributed by atoms with Gasteiger partial charge in [0.25, 0.3) is 10.0 Å². The summed E-state index contributed by atoms with van der Waals surface area (Å²) in [6.45, 7) is 1.92. The monoisotopic (exact) mass is 338 g/mol. The van der Waals surface area contributed by atoms with Crippen molar-refractivity contribution < 1.29 is 8.42 Å². The second-order valence-electron chi connectivity index (χ2n) is 5.58. The summed E-state index contributed by atoms with van der Waals surface area (Å²) in [5.74, 6) is 0. The quantitative estimate of drug-likeness (QED) is 0.600. The molecule has 7 heteroatoms. The number of rotatable bonds is 3. The predicted octanol–water partition coefficient (Wildman–Crippen LogP) is 3.22. The van der Waals surface area contributed by atoms with Crippen LogP contribution in [-0.2, 0) is 10.0 Å². The van der Waals surface area contributed by atoms with Gasteiger partial charge in [-0.25, -0.2) is 8.42 Å². The number of pyridine rings is 1. The number of fused-ring (bicyclic) bond motifs is 2. The summed E-state index contributed by atoms with van der Waals surface area (Å²) >= 11 is 0. The first-order chi connectivity index (χ1) is 11.5. The molecule has 0 aliphatic carbocycles. The fraction of sp³-hybridized carbons (Fsp3) is 0.0588. The number of H-pyrrole nitrogens is 1. The summed E-state index contributed by atoms with van der Waals surface area (Å²) in [6, 6.07) is 12.4.